The number of fused-ring (bicyclic) bond motifs is 2. The van der Waals surface area contributed by atoms with Gasteiger partial charge in [0.15, 0.2) is 11.2 Å². The number of nitrogens with one attached hydrogen (secondary N) is 2. The summed E-state index contributed by atoms with van der Waals surface area (Å²) in [6.45, 7) is 3.07. The lowest BCUT2D eigenvalue weighted by atomic mass is 9.97. The van der Waals surface area contributed by atoms with Gasteiger partial charge in [-0.1, -0.05) is 12.1 Å². The molecule has 0 atom stereocenters. The maximum Gasteiger partial charge on any atom is 0.255 e. The topological polar surface area (TPSA) is 148 Å². The van der Waals surface area contributed by atoms with Crippen molar-refractivity contribution >= 4 is 43.8 Å². The van der Waals surface area contributed by atoms with Gasteiger partial charge in [-0.05, 0) is 80.4 Å². The molecule has 10 nitrogen and oxygen atoms in total. The van der Waals surface area contributed by atoms with Gasteiger partial charge in [-0.15, -0.1) is 0 Å². The Labute approximate surface area is 258 Å². The minimum Gasteiger partial charge on any atom is -0.455 e. The number of oxazole rings is 1. The number of hydrogen-bond acceptors (Lipinski definition) is 8. The van der Waals surface area contributed by atoms with Crippen molar-refractivity contribution < 1.29 is 31.5 Å². The molecule has 0 unspecified atom stereocenters. The summed E-state index contributed by atoms with van der Waals surface area (Å²) in [5.74, 6) is -0.704. The summed E-state index contributed by atoms with van der Waals surface area (Å²) in [6.07, 6.45) is 1.61. The quantitative estimate of drug-likeness (QED) is 0.167. The molecule has 3 aromatic heterocycles. The predicted molar refractivity (Wildman–Crippen MR) is 170 cm³/mol. The summed E-state index contributed by atoms with van der Waals surface area (Å²) >= 11 is 0. The molecule has 3 aromatic carbocycles. The van der Waals surface area contributed by atoms with E-state index in [9.17, 15) is 22.7 Å². The van der Waals surface area contributed by atoms with Crippen LogP contribution in [0.3, 0.4) is 0 Å². The zero-order chi connectivity index (χ0) is 31.9. The molecule has 0 saturated heterocycles. The van der Waals surface area contributed by atoms with Crippen molar-refractivity contribution in [2.45, 2.75) is 25.9 Å². The first-order chi connectivity index (χ1) is 21.4. The molecule has 0 spiro atoms. The summed E-state index contributed by atoms with van der Waals surface area (Å²) in [4.78, 5) is 21.9. The molecule has 0 radical (unpaired) electrons. The molecule has 0 fully saturated rings. The van der Waals surface area contributed by atoms with Gasteiger partial charge in [0.05, 0.1) is 22.6 Å². The highest BCUT2D eigenvalue weighted by Gasteiger charge is 2.26. The zero-order valence-corrected chi connectivity index (χ0v) is 25.4. The number of amides is 1. The minimum atomic E-state index is -3.94. The maximum absolute atomic E-state index is 13.7. The van der Waals surface area contributed by atoms with Crippen LogP contribution in [0.5, 0.6) is 0 Å². The number of carbonyl (C=O) groups excluding carboxylic acids is 1. The highest BCUT2D eigenvalue weighted by Crippen LogP contribution is 2.41. The molecule has 0 saturated carbocycles. The number of furan rings is 1. The number of hydrogen-bond donors (Lipinski definition) is 3. The number of pyridine rings is 1. The molecule has 0 aliphatic rings. The third-order valence-electron chi connectivity index (χ3n) is 7.22. The van der Waals surface area contributed by atoms with Crippen LogP contribution >= 0.6 is 0 Å². The molecule has 3 N–H and O–H groups in total. The largest absolute Gasteiger partial charge is 0.455 e. The highest BCUT2D eigenvalue weighted by molar-refractivity contribution is 7.92. The van der Waals surface area contributed by atoms with Crippen LogP contribution in [0.15, 0.2) is 87.8 Å². The second-order valence-corrected chi connectivity index (χ2v) is 13.0. The van der Waals surface area contributed by atoms with E-state index in [2.05, 4.69) is 20.0 Å². The third kappa shape index (κ3) is 6.28. The van der Waals surface area contributed by atoms with Gasteiger partial charge in [0.25, 0.3) is 5.91 Å². The first-order valence-corrected chi connectivity index (χ1v) is 15.7. The van der Waals surface area contributed by atoms with Gasteiger partial charge in [-0.3, -0.25) is 9.52 Å². The van der Waals surface area contributed by atoms with Crippen LogP contribution in [0.2, 0.25) is 0 Å². The average molecular weight is 629 g/mol. The molecule has 45 heavy (non-hydrogen) atoms. The second-order valence-electron chi connectivity index (χ2n) is 11.2. The van der Waals surface area contributed by atoms with Crippen LogP contribution < -0.4 is 10.0 Å². The van der Waals surface area contributed by atoms with Crippen molar-refractivity contribution in [2.24, 2.45) is 0 Å². The minimum absolute atomic E-state index is 0.00254. The summed E-state index contributed by atoms with van der Waals surface area (Å²) in [6, 6.07) is 19.4. The number of carbonyl (C=O) groups is 1. The lowest BCUT2D eigenvalue weighted by Crippen LogP contribution is -2.26. The number of aromatic nitrogens is 2. The summed E-state index contributed by atoms with van der Waals surface area (Å²) < 4.78 is 54.9. The summed E-state index contributed by atoms with van der Waals surface area (Å²) in [5.41, 5.74) is 2.52. The van der Waals surface area contributed by atoms with E-state index in [1.807, 2.05) is 0 Å². The highest BCUT2D eigenvalue weighted by atomic mass is 32.2. The standard InChI is InChI=1S/C33H29FN4O6S/c1-33(2,40)13-15-45(41,42)38-25-18-27-24(28(31(39)35-3)29(43-27)19-9-11-22(34)12-10-19)17-23(25)20-6-4-7-21(16-20)32-37-30-26(44-32)8-5-14-36-30/h4-12,14,16-18,38,40H,13,15H2,1-3H3,(H,35,39). The maximum atomic E-state index is 13.7. The first kappa shape index (κ1) is 30.0. The van der Waals surface area contributed by atoms with E-state index in [1.165, 1.54) is 51.2 Å². The second kappa shape index (κ2) is 11.5. The monoisotopic (exact) mass is 628 g/mol. The normalized spacial score (nSPS) is 12.1. The molecule has 12 heteroatoms. The Morgan fingerprint density at radius 3 is 2.42 bits per heavy atom. The number of halogens is 1. The van der Waals surface area contributed by atoms with E-state index in [0.717, 1.165) is 0 Å². The Morgan fingerprint density at radius 1 is 0.956 bits per heavy atom. The van der Waals surface area contributed by atoms with Crippen LogP contribution in [0.25, 0.3) is 56.1 Å². The Morgan fingerprint density at radius 2 is 1.71 bits per heavy atom. The number of nitrogens with zero attached hydrogens (tertiary/aromatic N) is 2. The lowest BCUT2D eigenvalue weighted by Gasteiger charge is -2.18. The Hall–Kier alpha value is -5.07. The molecule has 6 rings (SSSR count). The molecule has 0 bridgehead atoms. The number of anilines is 1. The Bertz CT molecular complexity index is 2130. The van der Waals surface area contributed by atoms with Gasteiger partial charge in [-0.25, -0.2) is 17.8 Å². The lowest BCUT2D eigenvalue weighted by molar-refractivity contribution is 0.0772. The van der Waals surface area contributed by atoms with E-state index < -0.39 is 27.3 Å². The Kier molecular flexibility index (Phi) is 7.63. The molecule has 0 aliphatic heterocycles. The number of sulfonamides is 1. The van der Waals surface area contributed by atoms with E-state index in [0.29, 0.717) is 44.8 Å². The van der Waals surface area contributed by atoms with Crippen molar-refractivity contribution in [3.8, 4) is 33.9 Å². The van der Waals surface area contributed by atoms with Crippen LogP contribution in [0, 0.1) is 5.82 Å². The predicted octanol–water partition coefficient (Wildman–Crippen LogP) is 6.37. The van der Waals surface area contributed by atoms with Crippen LogP contribution in [0.1, 0.15) is 30.6 Å². The fourth-order valence-corrected chi connectivity index (χ4v) is 6.31. The van der Waals surface area contributed by atoms with Gasteiger partial charge in [-0.2, -0.15) is 4.98 Å². The molecule has 0 aliphatic carbocycles. The van der Waals surface area contributed by atoms with Gasteiger partial charge in [0, 0.05) is 41.4 Å². The summed E-state index contributed by atoms with van der Waals surface area (Å²) in [7, 11) is -2.45. The number of aliphatic hydroxyl groups is 1. The van der Waals surface area contributed by atoms with Gasteiger partial charge in [0.1, 0.15) is 17.2 Å². The molecule has 6 aromatic rings. The fourth-order valence-electron chi connectivity index (χ4n) is 4.94. The van der Waals surface area contributed by atoms with Crippen molar-refractivity contribution in [1.82, 2.24) is 15.3 Å². The molecular weight excluding hydrogens is 599 g/mol. The molecule has 3 heterocycles. The van der Waals surface area contributed by atoms with E-state index in [1.54, 1.807) is 48.7 Å². The Balaban J connectivity index is 1.54. The van der Waals surface area contributed by atoms with E-state index in [-0.39, 0.29) is 34.8 Å². The van der Waals surface area contributed by atoms with Crippen molar-refractivity contribution in [2.75, 3.05) is 17.5 Å². The van der Waals surface area contributed by atoms with Crippen molar-refractivity contribution in [3.63, 3.8) is 0 Å². The smallest absolute Gasteiger partial charge is 0.255 e. The summed E-state index contributed by atoms with van der Waals surface area (Å²) in [5, 5.41) is 13.2. The van der Waals surface area contributed by atoms with Crippen LogP contribution in [-0.4, -0.2) is 47.8 Å². The van der Waals surface area contributed by atoms with Crippen molar-refractivity contribution in [1.29, 1.82) is 0 Å². The molecule has 230 valence electrons. The third-order valence-corrected chi connectivity index (χ3v) is 8.49. The number of rotatable bonds is 9. The molecule has 1 amide bonds. The number of benzene rings is 3. The van der Waals surface area contributed by atoms with E-state index in [4.69, 9.17) is 8.83 Å². The van der Waals surface area contributed by atoms with Crippen LogP contribution in [-0.2, 0) is 10.0 Å². The fraction of sp³-hybridized carbons (Fsp3) is 0.182. The van der Waals surface area contributed by atoms with E-state index >= 15 is 0 Å². The molecular formula is C33H29FN4O6S. The van der Waals surface area contributed by atoms with Crippen LogP contribution in [0.4, 0.5) is 10.1 Å². The zero-order valence-electron chi connectivity index (χ0n) is 24.6. The van der Waals surface area contributed by atoms with Gasteiger partial charge in [0.2, 0.25) is 15.9 Å². The van der Waals surface area contributed by atoms with Gasteiger partial charge >= 0.3 is 0 Å². The van der Waals surface area contributed by atoms with Crippen molar-refractivity contribution in [3.05, 3.63) is 90.4 Å². The first-order valence-electron chi connectivity index (χ1n) is 14.0. The van der Waals surface area contributed by atoms with Gasteiger partial charge < -0.3 is 19.3 Å². The average Bonchev–Trinajstić information content (AvgIpc) is 3.61. The SMILES string of the molecule is CNC(=O)c1c(-c2ccc(F)cc2)oc2cc(NS(=O)(=O)CCC(C)(C)O)c(-c3cccc(-c4nc5ncccc5o4)c3)cc12.